The van der Waals surface area contributed by atoms with E-state index >= 15 is 0 Å². The van der Waals surface area contributed by atoms with Crippen LogP contribution in [0.4, 0.5) is 5.69 Å². The van der Waals surface area contributed by atoms with Gasteiger partial charge in [-0.15, -0.1) is 0 Å². The monoisotopic (exact) mass is 359 g/mol. The third kappa shape index (κ3) is 4.29. The van der Waals surface area contributed by atoms with E-state index in [1.54, 1.807) is 6.07 Å². The van der Waals surface area contributed by atoms with Crippen molar-refractivity contribution < 1.29 is 4.79 Å². The number of rotatable bonds is 5. The van der Waals surface area contributed by atoms with Crippen LogP contribution in [0.3, 0.4) is 0 Å². The summed E-state index contributed by atoms with van der Waals surface area (Å²) in [6.07, 6.45) is 0. The fourth-order valence-corrected chi connectivity index (χ4v) is 3.21. The number of nitriles is 1. The van der Waals surface area contributed by atoms with Crippen LogP contribution in [0.5, 0.6) is 0 Å². The van der Waals surface area contributed by atoms with Gasteiger partial charge in [-0.2, -0.15) is 5.26 Å². The number of carbonyl (C=O) groups is 1. The van der Waals surface area contributed by atoms with Crippen molar-refractivity contribution in [3.8, 4) is 17.3 Å². The summed E-state index contributed by atoms with van der Waals surface area (Å²) >= 11 is 1.27. The van der Waals surface area contributed by atoms with Gasteiger partial charge in [0, 0.05) is 11.3 Å². The molecule has 2 aromatic carbocycles. The fourth-order valence-electron chi connectivity index (χ4n) is 2.44. The van der Waals surface area contributed by atoms with Crippen LogP contribution in [0.2, 0.25) is 0 Å². The number of pyridine rings is 1. The van der Waals surface area contributed by atoms with Gasteiger partial charge in [0.2, 0.25) is 5.91 Å². The number of nitrogens with one attached hydrogen (secondary N) is 1. The smallest absolute Gasteiger partial charge is 0.234 e. The summed E-state index contributed by atoms with van der Waals surface area (Å²) in [5, 5.41) is 12.8. The highest BCUT2D eigenvalue weighted by Gasteiger charge is 2.11. The number of amides is 1. The first-order valence-corrected chi connectivity index (χ1v) is 9.11. The Morgan fingerprint density at radius 3 is 2.54 bits per heavy atom. The summed E-state index contributed by atoms with van der Waals surface area (Å²) in [6.45, 7) is 1.95. The maximum Gasteiger partial charge on any atom is 0.234 e. The van der Waals surface area contributed by atoms with E-state index in [1.165, 1.54) is 11.8 Å². The van der Waals surface area contributed by atoms with Gasteiger partial charge in [-0.25, -0.2) is 4.98 Å². The van der Waals surface area contributed by atoms with Crippen LogP contribution in [0.15, 0.2) is 71.8 Å². The van der Waals surface area contributed by atoms with Crippen molar-refractivity contribution in [1.82, 2.24) is 4.98 Å². The minimum absolute atomic E-state index is 0.125. The standard InChI is InChI=1S/C21H17N3OS/c1-15-7-5-6-10-18(15)23-20(25)14-26-21-17(13-22)11-12-19(24-21)16-8-3-2-4-9-16/h2-12H,14H2,1H3,(H,23,25). The Labute approximate surface area is 156 Å². The maximum absolute atomic E-state index is 12.2. The molecule has 0 aliphatic carbocycles. The van der Waals surface area contributed by atoms with Gasteiger partial charge in [-0.1, -0.05) is 60.3 Å². The van der Waals surface area contributed by atoms with Crippen molar-refractivity contribution in [1.29, 1.82) is 5.26 Å². The molecule has 0 unspecified atom stereocenters. The molecule has 3 aromatic rings. The number of nitrogens with zero attached hydrogens (tertiary/aromatic N) is 2. The highest BCUT2D eigenvalue weighted by atomic mass is 32.2. The van der Waals surface area contributed by atoms with E-state index in [4.69, 9.17) is 0 Å². The lowest BCUT2D eigenvalue weighted by Crippen LogP contribution is -2.15. The van der Waals surface area contributed by atoms with E-state index in [1.807, 2.05) is 67.6 Å². The average Bonchev–Trinajstić information content (AvgIpc) is 2.68. The molecule has 1 amide bonds. The molecule has 1 aromatic heterocycles. The lowest BCUT2D eigenvalue weighted by atomic mass is 10.1. The second-order valence-corrected chi connectivity index (χ2v) is 6.64. The van der Waals surface area contributed by atoms with E-state index in [0.717, 1.165) is 22.5 Å². The van der Waals surface area contributed by atoms with Gasteiger partial charge in [0.1, 0.15) is 11.1 Å². The summed E-state index contributed by atoms with van der Waals surface area (Å²) in [4.78, 5) is 16.8. The first-order valence-electron chi connectivity index (χ1n) is 8.12. The molecule has 3 rings (SSSR count). The van der Waals surface area contributed by atoms with E-state index in [9.17, 15) is 10.1 Å². The van der Waals surface area contributed by atoms with Gasteiger partial charge in [0.25, 0.3) is 0 Å². The van der Waals surface area contributed by atoms with Crippen molar-refractivity contribution in [2.75, 3.05) is 11.1 Å². The topological polar surface area (TPSA) is 65.8 Å². The number of anilines is 1. The van der Waals surface area contributed by atoms with Gasteiger partial charge in [-0.05, 0) is 30.7 Å². The zero-order valence-electron chi connectivity index (χ0n) is 14.3. The molecule has 0 bridgehead atoms. The molecule has 0 atom stereocenters. The molecule has 0 saturated heterocycles. The Balaban J connectivity index is 1.73. The SMILES string of the molecule is Cc1ccccc1NC(=O)CSc1nc(-c2ccccc2)ccc1C#N. The molecule has 0 aliphatic rings. The molecule has 0 aliphatic heterocycles. The van der Waals surface area contributed by atoms with Gasteiger partial charge in [0.05, 0.1) is 17.0 Å². The molecule has 5 heteroatoms. The van der Waals surface area contributed by atoms with E-state index < -0.39 is 0 Å². The van der Waals surface area contributed by atoms with Crippen molar-refractivity contribution in [3.63, 3.8) is 0 Å². The number of aromatic nitrogens is 1. The second kappa shape index (κ2) is 8.32. The van der Waals surface area contributed by atoms with Crippen LogP contribution in [-0.4, -0.2) is 16.6 Å². The highest BCUT2D eigenvalue weighted by molar-refractivity contribution is 8.00. The first kappa shape index (κ1) is 17.7. The number of hydrogen-bond donors (Lipinski definition) is 1. The zero-order valence-corrected chi connectivity index (χ0v) is 15.1. The number of carbonyl (C=O) groups excluding carboxylic acids is 1. The molecule has 1 heterocycles. The molecule has 0 radical (unpaired) electrons. The molecule has 4 nitrogen and oxygen atoms in total. The molecule has 26 heavy (non-hydrogen) atoms. The summed E-state index contributed by atoms with van der Waals surface area (Å²) in [7, 11) is 0. The van der Waals surface area contributed by atoms with Crippen LogP contribution < -0.4 is 5.32 Å². The molecule has 0 spiro atoms. The highest BCUT2D eigenvalue weighted by Crippen LogP contribution is 2.25. The molecular weight excluding hydrogens is 342 g/mol. The van der Waals surface area contributed by atoms with Gasteiger partial charge in [-0.3, -0.25) is 4.79 Å². The third-order valence-electron chi connectivity index (χ3n) is 3.81. The Bertz CT molecular complexity index is 964. The Kier molecular flexibility index (Phi) is 5.67. The number of thioether (sulfide) groups is 1. The first-order chi connectivity index (χ1) is 12.7. The van der Waals surface area contributed by atoms with Crippen molar-refractivity contribution in [2.24, 2.45) is 0 Å². The minimum atomic E-state index is -0.125. The number of hydrogen-bond acceptors (Lipinski definition) is 4. The van der Waals surface area contributed by atoms with E-state index in [2.05, 4.69) is 16.4 Å². The van der Waals surface area contributed by atoms with Crippen molar-refractivity contribution in [2.45, 2.75) is 11.9 Å². The number of benzene rings is 2. The molecule has 1 N–H and O–H groups in total. The van der Waals surface area contributed by atoms with Crippen LogP contribution in [-0.2, 0) is 4.79 Å². The van der Waals surface area contributed by atoms with Crippen molar-refractivity contribution in [3.05, 3.63) is 77.9 Å². The second-order valence-electron chi connectivity index (χ2n) is 5.68. The summed E-state index contributed by atoms with van der Waals surface area (Å²) < 4.78 is 0. The minimum Gasteiger partial charge on any atom is -0.325 e. The quantitative estimate of drug-likeness (QED) is 0.673. The van der Waals surface area contributed by atoms with Crippen LogP contribution in [0.25, 0.3) is 11.3 Å². The summed E-state index contributed by atoms with van der Waals surface area (Å²) in [5.74, 6) is 0.0638. The molecular formula is C21H17N3OS. The van der Waals surface area contributed by atoms with Crippen LogP contribution in [0.1, 0.15) is 11.1 Å². The van der Waals surface area contributed by atoms with Gasteiger partial charge < -0.3 is 5.32 Å². The average molecular weight is 359 g/mol. The largest absolute Gasteiger partial charge is 0.325 e. The normalized spacial score (nSPS) is 10.2. The summed E-state index contributed by atoms with van der Waals surface area (Å²) in [6, 6.07) is 23.1. The van der Waals surface area contributed by atoms with Crippen LogP contribution >= 0.6 is 11.8 Å². The third-order valence-corrected chi connectivity index (χ3v) is 4.80. The predicted molar refractivity (Wildman–Crippen MR) is 105 cm³/mol. The Hall–Kier alpha value is -3.10. The van der Waals surface area contributed by atoms with Gasteiger partial charge >= 0.3 is 0 Å². The van der Waals surface area contributed by atoms with Crippen LogP contribution in [0, 0.1) is 18.3 Å². The lowest BCUT2D eigenvalue weighted by Gasteiger charge is -2.09. The van der Waals surface area contributed by atoms with E-state index in [-0.39, 0.29) is 11.7 Å². The lowest BCUT2D eigenvalue weighted by molar-refractivity contribution is -0.113. The Morgan fingerprint density at radius 2 is 1.81 bits per heavy atom. The number of aryl methyl sites for hydroxylation is 1. The van der Waals surface area contributed by atoms with E-state index in [0.29, 0.717) is 10.6 Å². The fraction of sp³-hybridized carbons (Fsp3) is 0.0952. The molecule has 128 valence electrons. The molecule has 0 fully saturated rings. The Morgan fingerprint density at radius 1 is 1.08 bits per heavy atom. The summed E-state index contributed by atoms with van der Waals surface area (Å²) in [5.41, 5.74) is 4.03. The maximum atomic E-state index is 12.2. The predicted octanol–water partition coefficient (Wildman–Crippen LogP) is 4.66. The molecule has 0 saturated carbocycles. The van der Waals surface area contributed by atoms with Crippen molar-refractivity contribution >= 4 is 23.4 Å². The zero-order chi connectivity index (χ0) is 18.4. The van der Waals surface area contributed by atoms with Gasteiger partial charge in [0.15, 0.2) is 0 Å². The number of para-hydroxylation sites is 1.